The van der Waals surface area contributed by atoms with Crippen LogP contribution >= 0.6 is 0 Å². The smallest absolute Gasteiger partial charge is 0.0726 e. The van der Waals surface area contributed by atoms with Crippen molar-refractivity contribution in [1.29, 1.82) is 0 Å². The van der Waals surface area contributed by atoms with Gasteiger partial charge in [0.15, 0.2) is 0 Å². The molecule has 0 radical (unpaired) electrons. The summed E-state index contributed by atoms with van der Waals surface area (Å²) in [6.07, 6.45) is 5.53. The third-order valence-corrected chi connectivity index (χ3v) is 3.02. The summed E-state index contributed by atoms with van der Waals surface area (Å²) in [5.41, 5.74) is 5.54. The van der Waals surface area contributed by atoms with E-state index in [9.17, 15) is 0 Å². The average molecular weight is 186 g/mol. The van der Waals surface area contributed by atoms with Crippen LogP contribution in [0.25, 0.3) is 0 Å². The summed E-state index contributed by atoms with van der Waals surface area (Å²) in [5, 5.41) is 0. The Morgan fingerprint density at radius 2 is 2.08 bits per heavy atom. The van der Waals surface area contributed by atoms with Crippen molar-refractivity contribution in [3.63, 3.8) is 0 Å². The first kappa shape index (κ1) is 11.0. The fourth-order valence-corrected chi connectivity index (χ4v) is 2.23. The van der Waals surface area contributed by atoms with E-state index in [-0.39, 0.29) is 0 Å². The molecule has 0 bridgehead atoms. The summed E-state index contributed by atoms with van der Waals surface area (Å²) in [7, 11) is 3.97. The molecule has 0 saturated heterocycles. The molecule has 1 saturated carbocycles. The van der Waals surface area contributed by atoms with Crippen molar-refractivity contribution in [2.75, 3.05) is 27.2 Å². The second-order valence-corrected chi connectivity index (χ2v) is 3.90. The lowest BCUT2D eigenvalue weighted by Gasteiger charge is -2.36. The van der Waals surface area contributed by atoms with E-state index in [0.717, 1.165) is 13.1 Å². The van der Waals surface area contributed by atoms with E-state index in [1.807, 2.05) is 7.11 Å². The maximum absolute atomic E-state index is 5.54. The maximum Gasteiger partial charge on any atom is 0.0726 e. The van der Waals surface area contributed by atoms with Crippen LogP contribution in [0.3, 0.4) is 0 Å². The number of methoxy groups -OCH3 is 1. The second-order valence-electron chi connectivity index (χ2n) is 3.90. The summed E-state index contributed by atoms with van der Waals surface area (Å²) < 4.78 is 5.49. The fourth-order valence-electron chi connectivity index (χ4n) is 2.23. The Balaban J connectivity index is 2.43. The van der Waals surface area contributed by atoms with Crippen LogP contribution in [0.2, 0.25) is 0 Å². The minimum absolute atomic E-state index is 0.422. The highest BCUT2D eigenvalue weighted by molar-refractivity contribution is 4.82. The number of nitrogens with zero attached hydrogens (tertiary/aromatic N) is 1. The van der Waals surface area contributed by atoms with E-state index in [2.05, 4.69) is 11.9 Å². The maximum atomic E-state index is 5.54. The zero-order chi connectivity index (χ0) is 9.68. The van der Waals surface area contributed by atoms with Crippen molar-refractivity contribution in [3.8, 4) is 0 Å². The zero-order valence-corrected chi connectivity index (χ0v) is 8.83. The molecule has 1 rings (SSSR count). The van der Waals surface area contributed by atoms with Crippen LogP contribution in [0.4, 0.5) is 0 Å². The van der Waals surface area contributed by atoms with Gasteiger partial charge in [-0.15, -0.1) is 0 Å². The van der Waals surface area contributed by atoms with Gasteiger partial charge in [-0.05, 0) is 19.9 Å². The zero-order valence-electron chi connectivity index (χ0n) is 8.83. The van der Waals surface area contributed by atoms with E-state index in [0.29, 0.717) is 12.1 Å². The Morgan fingerprint density at radius 3 is 2.69 bits per heavy atom. The lowest BCUT2D eigenvalue weighted by atomic mass is 9.91. The van der Waals surface area contributed by atoms with Crippen LogP contribution in [0.15, 0.2) is 0 Å². The van der Waals surface area contributed by atoms with Crippen LogP contribution in [0, 0.1) is 0 Å². The Bertz CT molecular complexity index is 141. The molecule has 3 nitrogen and oxygen atoms in total. The molecule has 2 atom stereocenters. The SMILES string of the molecule is COC1CCCCC1N(C)CCN. The molecule has 1 fully saturated rings. The van der Waals surface area contributed by atoms with Crippen LogP contribution in [0.1, 0.15) is 25.7 Å². The van der Waals surface area contributed by atoms with Crippen molar-refractivity contribution in [1.82, 2.24) is 4.90 Å². The van der Waals surface area contributed by atoms with E-state index in [1.165, 1.54) is 25.7 Å². The third-order valence-electron chi connectivity index (χ3n) is 3.02. The average Bonchev–Trinajstić information content (AvgIpc) is 2.18. The summed E-state index contributed by atoms with van der Waals surface area (Å²) >= 11 is 0. The van der Waals surface area contributed by atoms with E-state index >= 15 is 0 Å². The molecule has 0 aromatic rings. The molecule has 0 amide bonds. The van der Waals surface area contributed by atoms with Gasteiger partial charge in [0, 0.05) is 26.2 Å². The van der Waals surface area contributed by atoms with Crippen LogP contribution in [0.5, 0.6) is 0 Å². The van der Waals surface area contributed by atoms with Gasteiger partial charge in [-0.3, -0.25) is 4.90 Å². The van der Waals surface area contributed by atoms with Crippen molar-refractivity contribution in [2.24, 2.45) is 5.73 Å². The first-order chi connectivity index (χ1) is 6.29. The largest absolute Gasteiger partial charge is 0.380 e. The minimum atomic E-state index is 0.422. The quantitative estimate of drug-likeness (QED) is 0.707. The summed E-state index contributed by atoms with van der Waals surface area (Å²) in [5.74, 6) is 0. The van der Waals surface area contributed by atoms with Gasteiger partial charge < -0.3 is 10.5 Å². The number of ether oxygens (including phenoxy) is 1. The number of rotatable bonds is 4. The van der Waals surface area contributed by atoms with Crippen molar-refractivity contribution in [2.45, 2.75) is 37.8 Å². The van der Waals surface area contributed by atoms with Crippen LogP contribution in [-0.2, 0) is 4.74 Å². The van der Waals surface area contributed by atoms with Gasteiger partial charge in [0.05, 0.1) is 6.10 Å². The number of hydrogen-bond donors (Lipinski definition) is 1. The Labute approximate surface area is 81.2 Å². The van der Waals surface area contributed by atoms with Gasteiger partial charge in [-0.25, -0.2) is 0 Å². The van der Waals surface area contributed by atoms with Crippen LogP contribution < -0.4 is 5.73 Å². The molecule has 0 heterocycles. The van der Waals surface area contributed by atoms with Crippen molar-refractivity contribution < 1.29 is 4.74 Å². The molecule has 3 heteroatoms. The molecule has 13 heavy (non-hydrogen) atoms. The summed E-state index contributed by atoms with van der Waals surface area (Å²) in [4.78, 5) is 2.34. The molecular weight excluding hydrogens is 164 g/mol. The molecule has 78 valence electrons. The Hall–Kier alpha value is -0.120. The molecule has 0 spiro atoms. The highest BCUT2D eigenvalue weighted by Gasteiger charge is 2.27. The van der Waals surface area contributed by atoms with Gasteiger partial charge in [0.25, 0.3) is 0 Å². The van der Waals surface area contributed by atoms with Gasteiger partial charge in [0.1, 0.15) is 0 Å². The first-order valence-electron chi connectivity index (χ1n) is 5.22. The van der Waals surface area contributed by atoms with Crippen LogP contribution in [-0.4, -0.2) is 44.3 Å². The number of likely N-dealkylation sites (N-methyl/N-ethyl adjacent to an activating group) is 1. The molecule has 0 aromatic carbocycles. The monoisotopic (exact) mass is 186 g/mol. The molecular formula is C10H22N2O. The van der Waals surface area contributed by atoms with Gasteiger partial charge >= 0.3 is 0 Å². The third kappa shape index (κ3) is 2.93. The highest BCUT2D eigenvalue weighted by Crippen LogP contribution is 2.24. The fraction of sp³-hybridized carbons (Fsp3) is 1.00. The summed E-state index contributed by atoms with van der Waals surface area (Å²) in [6.45, 7) is 1.72. The number of nitrogens with two attached hydrogens (primary N) is 1. The highest BCUT2D eigenvalue weighted by atomic mass is 16.5. The first-order valence-corrected chi connectivity index (χ1v) is 5.22. The van der Waals surface area contributed by atoms with Crippen molar-refractivity contribution in [3.05, 3.63) is 0 Å². The molecule has 0 aromatic heterocycles. The predicted octanol–water partition coefficient (Wildman–Crippen LogP) is 0.835. The van der Waals surface area contributed by atoms with Crippen molar-refractivity contribution >= 4 is 0 Å². The molecule has 2 unspecified atom stereocenters. The molecule has 2 N–H and O–H groups in total. The minimum Gasteiger partial charge on any atom is -0.380 e. The topological polar surface area (TPSA) is 38.5 Å². The van der Waals surface area contributed by atoms with E-state index in [1.54, 1.807) is 0 Å². The van der Waals surface area contributed by atoms with Gasteiger partial charge in [-0.1, -0.05) is 12.8 Å². The Kier molecular flexibility index (Phi) is 4.70. The van der Waals surface area contributed by atoms with Gasteiger partial charge in [-0.2, -0.15) is 0 Å². The lowest BCUT2D eigenvalue weighted by molar-refractivity contribution is -0.000854. The predicted molar refractivity (Wildman–Crippen MR) is 54.7 cm³/mol. The van der Waals surface area contributed by atoms with Gasteiger partial charge in [0.2, 0.25) is 0 Å². The van der Waals surface area contributed by atoms with E-state index in [4.69, 9.17) is 10.5 Å². The Morgan fingerprint density at radius 1 is 1.38 bits per heavy atom. The standard InChI is InChI=1S/C10H22N2O/c1-12(8-7-11)9-5-3-4-6-10(9)13-2/h9-10H,3-8,11H2,1-2H3. The summed E-state index contributed by atoms with van der Waals surface area (Å²) in [6, 6.07) is 0.585. The second kappa shape index (κ2) is 5.58. The number of hydrogen-bond acceptors (Lipinski definition) is 3. The van der Waals surface area contributed by atoms with E-state index < -0.39 is 0 Å². The molecule has 1 aliphatic carbocycles. The molecule has 1 aliphatic rings. The molecule has 0 aliphatic heterocycles. The normalized spacial score (nSPS) is 29.5. The lowest BCUT2D eigenvalue weighted by Crippen LogP contribution is -2.45.